The maximum absolute atomic E-state index is 11.7. The van der Waals surface area contributed by atoms with E-state index in [9.17, 15) is 9.59 Å². The average Bonchev–Trinajstić information content (AvgIpc) is 2.76. The van der Waals surface area contributed by atoms with E-state index in [0.29, 0.717) is 11.7 Å². The second-order valence-electron chi connectivity index (χ2n) is 3.80. The number of amides is 1. The number of carbonyl (C=O) groups is 1. The van der Waals surface area contributed by atoms with Gasteiger partial charge in [-0.3, -0.25) is 9.59 Å². The van der Waals surface area contributed by atoms with E-state index < -0.39 is 0 Å². The number of nitrogens with zero attached hydrogens (tertiary/aromatic N) is 3. The zero-order valence-electron chi connectivity index (χ0n) is 10.1. The summed E-state index contributed by atoms with van der Waals surface area (Å²) in [5, 5.41) is 11.5. The molecule has 2 aromatic rings. The number of aromatic nitrogens is 3. The van der Waals surface area contributed by atoms with E-state index in [1.807, 2.05) is 6.92 Å². The first-order chi connectivity index (χ1) is 9.04. The summed E-state index contributed by atoms with van der Waals surface area (Å²) in [7, 11) is 0. The summed E-state index contributed by atoms with van der Waals surface area (Å²) in [6.45, 7) is 2.14. The number of nitrogens with one attached hydrogen (secondary N) is 1. The van der Waals surface area contributed by atoms with E-state index >= 15 is 0 Å². The molecule has 0 unspecified atom stereocenters. The fraction of sp³-hybridized carbons (Fsp3) is 0.273. The molecule has 6 nitrogen and oxygen atoms in total. The van der Waals surface area contributed by atoms with Crippen LogP contribution in [0.5, 0.6) is 0 Å². The van der Waals surface area contributed by atoms with Crippen LogP contribution in [-0.4, -0.2) is 20.7 Å². The number of aryl methyl sites for hydroxylation is 2. The van der Waals surface area contributed by atoms with Crippen LogP contribution < -0.4 is 10.9 Å². The van der Waals surface area contributed by atoms with Gasteiger partial charge in [0.2, 0.25) is 11.0 Å². The number of carbonyl (C=O) groups excluding carboxylic acids is 1. The van der Waals surface area contributed by atoms with E-state index in [0.717, 1.165) is 9.48 Å². The Labute approximate surface area is 121 Å². The molecule has 0 aromatic carbocycles. The van der Waals surface area contributed by atoms with Crippen molar-refractivity contribution in [3.8, 4) is 0 Å². The highest BCUT2D eigenvalue weighted by Gasteiger charge is 2.07. The van der Waals surface area contributed by atoms with Crippen LogP contribution in [0.4, 0.5) is 5.13 Å². The van der Waals surface area contributed by atoms with Crippen LogP contribution in [0.25, 0.3) is 0 Å². The molecule has 19 heavy (non-hydrogen) atoms. The van der Waals surface area contributed by atoms with E-state index in [2.05, 4.69) is 31.4 Å². The molecule has 0 radical (unpaired) electrons. The summed E-state index contributed by atoms with van der Waals surface area (Å²) >= 11 is 4.60. The normalized spacial score (nSPS) is 10.4. The molecule has 2 aromatic heterocycles. The Morgan fingerprint density at radius 1 is 1.47 bits per heavy atom. The topological polar surface area (TPSA) is 76.9 Å². The van der Waals surface area contributed by atoms with Crippen molar-refractivity contribution in [1.29, 1.82) is 0 Å². The number of rotatable bonds is 4. The highest BCUT2D eigenvalue weighted by molar-refractivity contribution is 9.10. The van der Waals surface area contributed by atoms with Gasteiger partial charge in [-0.05, 0) is 28.9 Å². The van der Waals surface area contributed by atoms with Crippen LogP contribution in [0, 0.1) is 6.92 Å². The molecular formula is C11H11BrN4O2S. The highest BCUT2D eigenvalue weighted by Crippen LogP contribution is 2.13. The summed E-state index contributed by atoms with van der Waals surface area (Å²) in [5.74, 6) is -0.192. The number of halogens is 1. The number of hydrogen-bond acceptors (Lipinski definition) is 5. The van der Waals surface area contributed by atoms with Crippen molar-refractivity contribution in [3.63, 3.8) is 0 Å². The Bertz CT molecular complexity index is 652. The molecule has 1 amide bonds. The van der Waals surface area contributed by atoms with Gasteiger partial charge in [0.25, 0.3) is 5.56 Å². The number of pyridine rings is 1. The Morgan fingerprint density at radius 2 is 2.26 bits per heavy atom. The van der Waals surface area contributed by atoms with Gasteiger partial charge in [0.05, 0.1) is 0 Å². The minimum atomic E-state index is -0.192. The monoisotopic (exact) mass is 342 g/mol. The third-order valence-electron chi connectivity index (χ3n) is 2.30. The zero-order chi connectivity index (χ0) is 13.8. The molecule has 0 bridgehead atoms. The van der Waals surface area contributed by atoms with Crippen LogP contribution in [0.1, 0.15) is 11.4 Å². The molecule has 0 aliphatic heterocycles. The molecule has 2 rings (SSSR count). The van der Waals surface area contributed by atoms with Gasteiger partial charge < -0.3 is 9.88 Å². The molecule has 0 spiro atoms. The van der Waals surface area contributed by atoms with Gasteiger partial charge in [0.15, 0.2) is 0 Å². The van der Waals surface area contributed by atoms with Crippen molar-refractivity contribution in [2.75, 3.05) is 5.32 Å². The van der Waals surface area contributed by atoms with Crippen LogP contribution in [0.3, 0.4) is 0 Å². The average molecular weight is 343 g/mol. The Balaban J connectivity index is 1.93. The lowest BCUT2D eigenvalue weighted by molar-refractivity contribution is -0.116. The van der Waals surface area contributed by atoms with Crippen molar-refractivity contribution < 1.29 is 4.79 Å². The molecule has 8 heteroatoms. The van der Waals surface area contributed by atoms with Crippen LogP contribution in [-0.2, 0) is 11.3 Å². The van der Waals surface area contributed by atoms with Crippen LogP contribution in [0.15, 0.2) is 27.6 Å². The SMILES string of the molecule is Cc1nnc(NC(=O)CCn2cc(Br)ccc2=O)s1. The van der Waals surface area contributed by atoms with E-state index in [1.54, 1.807) is 12.3 Å². The number of anilines is 1. The molecule has 0 fully saturated rings. The fourth-order valence-corrected chi connectivity index (χ4v) is 2.42. The highest BCUT2D eigenvalue weighted by atomic mass is 79.9. The quantitative estimate of drug-likeness (QED) is 0.918. The summed E-state index contributed by atoms with van der Waals surface area (Å²) in [6.07, 6.45) is 1.86. The minimum absolute atomic E-state index is 0.136. The molecule has 1 N–H and O–H groups in total. The van der Waals surface area contributed by atoms with Crippen molar-refractivity contribution in [2.45, 2.75) is 19.9 Å². The van der Waals surface area contributed by atoms with Gasteiger partial charge in [-0.15, -0.1) is 10.2 Å². The number of hydrogen-bond donors (Lipinski definition) is 1. The second kappa shape index (κ2) is 6.07. The second-order valence-corrected chi connectivity index (χ2v) is 5.90. The molecule has 0 aliphatic rings. The molecule has 2 heterocycles. The van der Waals surface area contributed by atoms with Gasteiger partial charge in [0, 0.05) is 29.7 Å². The third-order valence-corrected chi connectivity index (χ3v) is 3.52. The summed E-state index contributed by atoms with van der Waals surface area (Å²) < 4.78 is 2.28. The van der Waals surface area contributed by atoms with E-state index in [-0.39, 0.29) is 17.9 Å². The smallest absolute Gasteiger partial charge is 0.250 e. The van der Waals surface area contributed by atoms with Crippen molar-refractivity contribution in [2.24, 2.45) is 0 Å². The Kier molecular flexibility index (Phi) is 4.43. The lowest BCUT2D eigenvalue weighted by Crippen LogP contribution is -2.22. The van der Waals surface area contributed by atoms with Gasteiger partial charge in [-0.25, -0.2) is 0 Å². The van der Waals surface area contributed by atoms with Gasteiger partial charge in [-0.1, -0.05) is 11.3 Å². The molecule has 0 saturated carbocycles. The first kappa shape index (κ1) is 13.9. The Hall–Kier alpha value is -1.54. The van der Waals surface area contributed by atoms with Crippen molar-refractivity contribution >= 4 is 38.3 Å². The predicted octanol–water partition coefficient (Wildman–Crippen LogP) is 1.80. The summed E-state index contributed by atoms with van der Waals surface area (Å²) in [5.41, 5.74) is -0.136. The van der Waals surface area contributed by atoms with E-state index in [1.165, 1.54) is 22.0 Å². The molecule has 0 atom stereocenters. The third kappa shape index (κ3) is 3.97. The molecule has 0 saturated heterocycles. The van der Waals surface area contributed by atoms with E-state index in [4.69, 9.17) is 0 Å². The molecule has 100 valence electrons. The maximum atomic E-state index is 11.7. The van der Waals surface area contributed by atoms with Crippen molar-refractivity contribution in [3.05, 3.63) is 38.2 Å². The largest absolute Gasteiger partial charge is 0.314 e. The van der Waals surface area contributed by atoms with Crippen LogP contribution in [0.2, 0.25) is 0 Å². The summed E-state index contributed by atoms with van der Waals surface area (Å²) in [6, 6.07) is 3.12. The van der Waals surface area contributed by atoms with Gasteiger partial charge in [0.1, 0.15) is 5.01 Å². The predicted molar refractivity (Wildman–Crippen MR) is 76.3 cm³/mol. The lowest BCUT2D eigenvalue weighted by Gasteiger charge is -2.05. The van der Waals surface area contributed by atoms with Crippen molar-refractivity contribution in [1.82, 2.24) is 14.8 Å². The van der Waals surface area contributed by atoms with Gasteiger partial charge in [-0.2, -0.15) is 0 Å². The zero-order valence-corrected chi connectivity index (χ0v) is 12.5. The fourth-order valence-electron chi connectivity index (χ4n) is 1.43. The van der Waals surface area contributed by atoms with Gasteiger partial charge >= 0.3 is 0 Å². The first-order valence-corrected chi connectivity index (χ1v) is 7.11. The first-order valence-electron chi connectivity index (χ1n) is 5.50. The van der Waals surface area contributed by atoms with Crippen LogP contribution >= 0.6 is 27.3 Å². The maximum Gasteiger partial charge on any atom is 0.250 e. The summed E-state index contributed by atoms with van der Waals surface area (Å²) in [4.78, 5) is 23.2. The lowest BCUT2D eigenvalue weighted by atomic mass is 10.4. The standard InChI is InChI=1S/C11H11BrN4O2S/c1-7-14-15-11(19-7)13-9(17)4-5-16-6-8(12)2-3-10(16)18/h2-3,6H,4-5H2,1H3,(H,13,15,17). The molecular weight excluding hydrogens is 332 g/mol. The Morgan fingerprint density at radius 3 is 2.95 bits per heavy atom. The minimum Gasteiger partial charge on any atom is -0.314 e. The molecule has 0 aliphatic carbocycles.